The number of benzene rings is 4. The number of anilines is 1. The Kier molecular flexibility index (Phi) is 5.42. The van der Waals surface area contributed by atoms with Gasteiger partial charge in [-0.2, -0.15) is 0 Å². The monoisotopic (exact) mass is 372 g/mol. The molecule has 0 heterocycles. The molecule has 0 radical (unpaired) electrons. The molecule has 0 amide bonds. The quantitative estimate of drug-likeness (QED) is 0.448. The van der Waals surface area contributed by atoms with Crippen LogP contribution in [0, 0.1) is 0 Å². The molecule has 0 saturated heterocycles. The maximum atomic E-state index is 5.98. The highest BCUT2D eigenvalue weighted by molar-refractivity contribution is 6.11. The lowest BCUT2D eigenvalue weighted by atomic mass is 9.91. The average molecular weight is 372 g/mol. The van der Waals surface area contributed by atoms with Crippen LogP contribution in [0.3, 0.4) is 0 Å². The van der Waals surface area contributed by atoms with E-state index in [0.29, 0.717) is 13.1 Å². The minimum Gasteiger partial charge on any atom is -0.467 e. The Bertz CT molecular complexity index is 1020. The summed E-state index contributed by atoms with van der Waals surface area (Å²) in [6, 6.07) is 25.1. The lowest BCUT2D eigenvalue weighted by Gasteiger charge is -2.20. The fourth-order valence-corrected chi connectivity index (χ4v) is 3.65. The van der Waals surface area contributed by atoms with Gasteiger partial charge >= 0.3 is 0 Å². The van der Waals surface area contributed by atoms with Crippen molar-refractivity contribution in [2.45, 2.75) is 0 Å². The molecule has 4 nitrogen and oxygen atoms in total. The van der Waals surface area contributed by atoms with Crippen LogP contribution < -0.4 is 15.8 Å². The highest BCUT2D eigenvalue weighted by atomic mass is 16.7. The van der Waals surface area contributed by atoms with Gasteiger partial charge < -0.3 is 20.5 Å². The SMILES string of the molecule is COCOc1ccc2ccccc2c1-c1c(NCCN)ccc2ccccc12. The molecule has 0 spiro atoms. The van der Waals surface area contributed by atoms with Gasteiger partial charge in [-0.15, -0.1) is 0 Å². The third-order valence-electron chi connectivity index (χ3n) is 4.86. The summed E-state index contributed by atoms with van der Waals surface area (Å²) in [5.74, 6) is 0.799. The van der Waals surface area contributed by atoms with Gasteiger partial charge in [-0.05, 0) is 33.7 Å². The van der Waals surface area contributed by atoms with E-state index in [1.165, 1.54) is 16.2 Å². The fourth-order valence-electron chi connectivity index (χ4n) is 3.65. The maximum Gasteiger partial charge on any atom is 0.188 e. The summed E-state index contributed by atoms with van der Waals surface area (Å²) in [7, 11) is 1.63. The zero-order chi connectivity index (χ0) is 19.3. The summed E-state index contributed by atoms with van der Waals surface area (Å²) in [6.45, 7) is 1.46. The minimum absolute atomic E-state index is 0.196. The first-order valence-corrected chi connectivity index (χ1v) is 9.43. The van der Waals surface area contributed by atoms with Gasteiger partial charge in [0.2, 0.25) is 0 Å². The van der Waals surface area contributed by atoms with Gasteiger partial charge in [0.25, 0.3) is 0 Å². The highest BCUT2D eigenvalue weighted by Gasteiger charge is 2.17. The van der Waals surface area contributed by atoms with E-state index in [2.05, 4.69) is 72.0 Å². The predicted molar refractivity (Wildman–Crippen MR) is 117 cm³/mol. The predicted octanol–water partition coefficient (Wildman–Crippen LogP) is 5.01. The Morgan fingerprint density at radius 1 is 0.786 bits per heavy atom. The van der Waals surface area contributed by atoms with Crippen molar-refractivity contribution in [3.05, 3.63) is 72.8 Å². The number of methoxy groups -OCH3 is 1. The molecule has 4 aromatic carbocycles. The van der Waals surface area contributed by atoms with Crippen molar-refractivity contribution in [2.24, 2.45) is 5.73 Å². The van der Waals surface area contributed by atoms with E-state index in [4.69, 9.17) is 15.2 Å². The zero-order valence-corrected chi connectivity index (χ0v) is 15.9. The van der Waals surface area contributed by atoms with Crippen LogP contribution in [0.1, 0.15) is 0 Å². The number of nitrogens with one attached hydrogen (secondary N) is 1. The van der Waals surface area contributed by atoms with Crippen molar-refractivity contribution >= 4 is 27.2 Å². The van der Waals surface area contributed by atoms with Gasteiger partial charge in [-0.1, -0.05) is 60.7 Å². The molecular formula is C24H24N2O2. The van der Waals surface area contributed by atoms with Crippen molar-refractivity contribution in [2.75, 3.05) is 32.3 Å². The van der Waals surface area contributed by atoms with Gasteiger partial charge in [0.1, 0.15) is 5.75 Å². The third-order valence-corrected chi connectivity index (χ3v) is 4.86. The van der Waals surface area contributed by atoms with Crippen LogP contribution in [0.25, 0.3) is 32.7 Å². The van der Waals surface area contributed by atoms with Crippen LogP contribution in [-0.4, -0.2) is 27.0 Å². The van der Waals surface area contributed by atoms with Gasteiger partial charge in [0, 0.05) is 37.0 Å². The van der Waals surface area contributed by atoms with Crippen LogP contribution >= 0.6 is 0 Å². The number of nitrogens with two attached hydrogens (primary N) is 1. The van der Waals surface area contributed by atoms with Crippen LogP contribution in [-0.2, 0) is 4.74 Å². The average Bonchev–Trinajstić information content (AvgIpc) is 2.75. The maximum absolute atomic E-state index is 5.98. The van der Waals surface area contributed by atoms with Crippen LogP contribution in [0.4, 0.5) is 5.69 Å². The normalized spacial score (nSPS) is 11.1. The van der Waals surface area contributed by atoms with Crippen LogP contribution in [0.5, 0.6) is 5.75 Å². The highest BCUT2D eigenvalue weighted by Crippen LogP contribution is 2.44. The Morgan fingerprint density at radius 2 is 1.43 bits per heavy atom. The first-order chi connectivity index (χ1) is 13.8. The van der Waals surface area contributed by atoms with E-state index in [1.54, 1.807) is 7.11 Å². The molecule has 0 aliphatic carbocycles. The van der Waals surface area contributed by atoms with Crippen LogP contribution in [0.2, 0.25) is 0 Å². The van der Waals surface area contributed by atoms with Gasteiger partial charge in [0.15, 0.2) is 6.79 Å². The summed E-state index contributed by atoms with van der Waals surface area (Å²) in [4.78, 5) is 0. The molecule has 0 aromatic heterocycles. The Labute approximate surface area is 164 Å². The second-order valence-electron chi connectivity index (χ2n) is 6.64. The lowest BCUT2D eigenvalue weighted by Crippen LogP contribution is -2.13. The van der Waals surface area contributed by atoms with E-state index < -0.39 is 0 Å². The van der Waals surface area contributed by atoms with E-state index in [-0.39, 0.29) is 6.79 Å². The number of fused-ring (bicyclic) bond motifs is 2. The van der Waals surface area contributed by atoms with Crippen molar-refractivity contribution in [3.63, 3.8) is 0 Å². The molecular weight excluding hydrogens is 348 g/mol. The number of rotatable bonds is 7. The number of hydrogen-bond donors (Lipinski definition) is 2. The Morgan fingerprint density at radius 3 is 2.11 bits per heavy atom. The molecule has 4 heteroatoms. The number of hydrogen-bond acceptors (Lipinski definition) is 4. The topological polar surface area (TPSA) is 56.5 Å². The summed E-state index contributed by atoms with van der Waals surface area (Å²) < 4.78 is 11.2. The van der Waals surface area contributed by atoms with Crippen molar-refractivity contribution in [1.82, 2.24) is 0 Å². The lowest BCUT2D eigenvalue weighted by molar-refractivity contribution is 0.0516. The van der Waals surface area contributed by atoms with E-state index in [9.17, 15) is 0 Å². The molecule has 0 bridgehead atoms. The molecule has 4 aromatic rings. The molecule has 3 N–H and O–H groups in total. The van der Waals surface area contributed by atoms with Gasteiger partial charge in [0.05, 0.1) is 0 Å². The molecule has 0 aliphatic heterocycles. The first kappa shape index (κ1) is 18.3. The number of ether oxygens (including phenoxy) is 2. The van der Waals surface area contributed by atoms with Gasteiger partial charge in [-0.3, -0.25) is 0 Å². The molecule has 28 heavy (non-hydrogen) atoms. The summed E-state index contributed by atoms with van der Waals surface area (Å²) in [5, 5.41) is 8.15. The van der Waals surface area contributed by atoms with Crippen molar-refractivity contribution in [1.29, 1.82) is 0 Å². The Balaban J connectivity index is 2.07. The van der Waals surface area contributed by atoms with Crippen molar-refractivity contribution < 1.29 is 9.47 Å². The molecule has 0 atom stereocenters. The fraction of sp³-hybridized carbons (Fsp3) is 0.167. The molecule has 0 fully saturated rings. The van der Waals surface area contributed by atoms with E-state index in [1.807, 2.05) is 6.07 Å². The minimum atomic E-state index is 0.196. The van der Waals surface area contributed by atoms with E-state index >= 15 is 0 Å². The molecule has 0 saturated carbocycles. The first-order valence-electron chi connectivity index (χ1n) is 9.43. The van der Waals surface area contributed by atoms with Crippen molar-refractivity contribution in [3.8, 4) is 16.9 Å². The molecule has 142 valence electrons. The summed E-state index contributed by atoms with van der Waals surface area (Å²) in [6.07, 6.45) is 0. The van der Waals surface area contributed by atoms with Gasteiger partial charge in [-0.25, -0.2) is 0 Å². The molecule has 0 aliphatic rings. The van der Waals surface area contributed by atoms with E-state index in [0.717, 1.165) is 28.0 Å². The largest absolute Gasteiger partial charge is 0.467 e. The smallest absolute Gasteiger partial charge is 0.188 e. The second-order valence-corrected chi connectivity index (χ2v) is 6.64. The molecule has 0 unspecified atom stereocenters. The molecule has 4 rings (SSSR count). The summed E-state index contributed by atoms with van der Waals surface area (Å²) >= 11 is 0. The zero-order valence-electron chi connectivity index (χ0n) is 15.9. The van der Waals surface area contributed by atoms with Crippen LogP contribution in [0.15, 0.2) is 72.8 Å². The standard InChI is InChI=1S/C24H24N2O2/c1-27-16-28-22-13-11-18-7-3-5-9-20(18)24(22)23-19-8-4-2-6-17(19)10-12-21(23)26-15-14-25/h2-13,26H,14-16,25H2,1H3. The third kappa shape index (κ3) is 3.40. The Hall–Kier alpha value is -3.08. The second kappa shape index (κ2) is 8.30. The summed E-state index contributed by atoms with van der Waals surface area (Å²) in [5.41, 5.74) is 8.99.